The molecule has 7 heteroatoms. The van der Waals surface area contributed by atoms with E-state index in [9.17, 15) is 9.59 Å². The van der Waals surface area contributed by atoms with Gasteiger partial charge in [-0.05, 0) is 60.2 Å². The van der Waals surface area contributed by atoms with Crippen LogP contribution < -0.4 is 15.2 Å². The van der Waals surface area contributed by atoms with Crippen LogP contribution in [-0.2, 0) is 16.0 Å². The summed E-state index contributed by atoms with van der Waals surface area (Å²) in [5.41, 5.74) is 8.41. The van der Waals surface area contributed by atoms with Gasteiger partial charge in [0.25, 0.3) is 5.91 Å². The van der Waals surface area contributed by atoms with Crippen LogP contribution in [0.5, 0.6) is 11.5 Å². The summed E-state index contributed by atoms with van der Waals surface area (Å²) in [4.78, 5) is 28.8. The zero-order valence-corrected chi connectivity index (χ0v) is 17.6. The highest BCUT2D eigenvalue weighted by Crippen LogP contribution is 2.34. The summed E-state index contributed by atoms with van der Waals surface area (Å²) in [6.07, 6.45) is 4.10. The van der Waals surface area contributed by atoms with Gasteiger partial charge in [-0.1, -0.05) is 12.1 Å². The number of nitrogens with zero attached hydrogens (tertiary/aromatic N) is 1. The minimum absolute atomic E-state index is 0.00408. The lowest BCUT2D eigenvalue weighted by Gasteiger charge is -2.32. The number of carbonyl (C=O) groups excluding carboxylic acids is 2. The molecule has 7 nitrogen and oxygen atoms in total. The second-order valence-electron chi connectivity index (χ2n) is 7.89. The van der Waals surface area contributed by atoms with E-state index in [0.717, 1.165) is 29.7 Å². The maximum Gasteiger partial charge on any atom is 0.260 e. The first kappa shape index (κ1) is 20.8. The van der Waals surface area contributed by atoms with Crippen molar-refractivity contribution in [3.05, 3.63) is 59.8 Å². The lowest BCUT2D eigenvalue weighted by molar-refractivity contribution is -0.134. The monoisotopic (exact) mass is 421 g/mol. The maximum atomic E-state index is 12.6. The minimum atomic E-state index is -0.376. The predicted molar refractivity (Wildman–Crippen MR) is 118 cm³/mol. The summed E-state index contributed by atoms with van der Waals surface area (Å²) in [7, 11) is 1.68. The van der Waals surface area contributed by atoms with E-state index in [1.54, 1.807) is 31.4 Å². The van der Waals surface area contributed by atoms with Crippen LogP contribution in [0.25, 0.3) is 10.9 Å². The van der Waals surface area contributed by atoms with Gasteiger partial charge in [-0.15, -0.1) is 0 Å². The summed E-state index contributed by atoms with van der Waals surface area (Å²) < 4.78 is 11.0. The van der Waals surface area contributed by atoms with Crippen molar-refractivity contribution in [3.8, 4) is 11.5 Å². The van der Waals surface area contributed by atoms with Crippen molar-refractivity contribution in [2.24, 2.45) is 5.73 Å². The van der Waals surface area contributed by atoms with Crippen LogP contribution in [0.2, 0.25) is 0 Å². The fraction of sp³-hybridized carbons (Fsp3) is 0.333. The lowest BCUT2D eigenvalue weighted by atomic mass is 9.89. The average Bonchev–Trinajstić information content (AvgIpc) is 3.21. The second kappa shape index (κ2) is 9.12. The Kier molecular flexibility index (Phi) is 6.11. The van der Waals surface area contributed by atoms with Gasteiger partial charge in [0, 0.05) is 30.2 Å². The van der Waals surface area contributed by atoms with Crippen molar-refractivity contribution in [1.82, 2.24) is 9.88 Å². The van der Waals surface area contributed by atoms with Gasteiger partial charge >= 0.3 is 0 Å². The number of primary amides is 1. The van der Waals surface area contributed by atoms with E-state index < -0.39 is 0 Å². The molecule has 0 atom stereocenters. The average molecular weight is 421 g/mol. The van der Waals surface area contributed by atoms with Crippen LogP contribution in [0.3, 0.4) is 0 Å². The van der Waals surface area contributed by atoms with Crippen LogP contribution in [0, 0.1) is 0 Å². The fourth-order valence-corrected chi connectivity index (χ4v) is 4.17. The van der Waals surface area contributed by atoms with E-state index in [2.05, 4.69) is 17.2 Å². The van der Waals surface area contributed by atoms with Gasteiger partial charge in [0.2, 0.25) is 5.91 Å². The summed E-state index contributed by atoms with van der Waals surface area (Å²) in [5.74, 6) is 1.47. The van der Waals surface area contributed by atoms with Crippen molar-refractivity contribution in [2.45, 2.75) is 25.2 Å². The van der Waals surface area contributed by atoms with E-state index in [1.165, 1.54) is 10.9 Å². The van der Waals surface area contributed by atoms with Crippen molar-refractivity contribution in [2.75, 3.05) is 26.8 Å². The van der Waals surface area contributed by atoms with Gasteiger partial charge in [0.05, 0.1) is 13.5 Å². The zero-order chi connectivity index (χ0) is 21.8. The van der Waals surface area contributed by atoms with Gasteiger partial charge in [-0.3, -0.25) is 9.59 Å². The third-order valence-corrected chi connectivity index (χ3v) is 5.87. The smallest absolute Gasteiger partial charge is 0.260 e. The first-order valence-electron chi connectivity index (χ1n) is 10.5. The number of ether oxygens (including phenoxy) is 2. The second-order valence-corrected chi connectivity index (χ2v) is 7.89. The molecule has 2 heterocycles. The third kappa shape index (κ3) is 4.82. The number of aromatic nitrogens is 1. The van der Waals surface area contributed by atoms with Crippen LogP contribution in [0.1, 0.15) is 29.9 Å². The first-order chi connectivity index (χ1) is 15.0. The molecular weight excluding hydrogens is 394 g/mol. The quantitative estimate of drug-likeness (QED) is 0.613. The number of hydrogen-bond donors (Lipinski definition) is 2. The molecule has 0 unspecified atom stereocenters. The SMILES string of the molecule is COc1ccc2[nH]cc(C3CCN(C(=O)COc4ccc(CC(N)=O)cc4)CC3)c2c1. The number of benzene rings is 2. The molecule has 31 heavy (non-hydrogen) atoms. The number of hydrogen-bond acceptors (Lipinski definition) is 4. The third-order valence-electron chi connectivity index (χ3n) is 5.87. The molecule has 0 spiro atoms. The Bertz CT molecular complexity index is 1070. The molecule has 0 bridgehead atoms. The molecule has 0 radical (unpaired) electrons. The van der Waals surface area contributed by atoms with Gasteiger partial charge in [0.15, 0.2) is 6.61 Å². The summed E-state index contributed by atoms with van der Waals surface area (Å²) in [5, 5.41) is 1.19. The normalized spacial score (nSPS) is 14.5. The number of H-pyrrole nitrogens is 1. The molecular formula is C24H27N3O4. The van der Waals surface area contributed by atoms with Gasteiger partial charge in [0.1, 0.15) is 11.5 Å². The van der Waals surface area contributed by atoms with Gasteiger partial charge in [-0.25, -0.2) is 0 Å². The molecule has 2 amide bonds. The van der Waals surface area contributed by atoms with Crippen LogP contribution in [-0.4, -0.2) is 48.5 Å². The molecule has 1 aliphatic heterocycles. The Morgan fingerprint density at radius 2 is 1.81 bits per heavy atom. The number of fused-ring (bicyclic) bond motifs is 1. The molecule has 1 aromatic heterocycles. The molecule has 1 saturated heterocycles. The summed E-state index contributed by atoms with van der Waals surface area (Å²) in [6, 6.07) is 13.1. The molecule has 1 fully saturated rings. The van der Waals surface area contributed by atoms with Crippen molar-refractivity contribution < 1.29 is 19.1 Å². The van der Waals surface area contributed by atoms with Gasteiger partial charge < -0.3 is 25.1 Å². The molecule has 0 saturated carbocycles. The summed E-state index contributed by atoms with van der Waals surface area (Å²) in [6.45, 7) is 1.42. The number of rotatable bonds is 7. The standard InChI is InChI=1S/C24H27N3O4/c1-30-19-6-7-22-20(13-19)21(14-26-22)17-8-10-27(11-9-17)24(29)15-31-18-4-2-16(3-5-18)12-23(25)28/h2-7,13-14,17,26H,8-12,15H2,1H3,(H2,25,28). The van der Waals surface area contributed by atoms with E-state index in [-0.39, 0.29) is 24.8 Å². The molecule has 3 aromatic rings. The molecule has 3 N–H and O–H groups in total. The number of piperidine rings is 1. The molecule has 1 aliphatic rings. The zero-order valence-electron chi connectivity index (χ0n) is 17.6. The number of aromatic amines is 1. The Balaban J connectivity index is 1.30. The number of methoxy groups -OCH3 is 1. The highest BCUT2D eigenvalue weighted by atomic mass is 16.5. The highest BCUT2D eigenvalue weighted by molar-refractivity contribution is 5.85. The van der Waals surface area contributed by atoms with E-state index in [4.69, 9.17) is 15.2 Å². The Morgan fingerprint density at radius 1 is 1.10 bits per heavy atom. The number of amides is 2. The van der Waals surface area contributed by atoms with Crippen molar-refractivity contribution in [3.63, 3.8) is 0 Å². The van der Waals surface area contributed by atoms with E-state index in [0.29, 0.717) is 24.8 Å². The number of nitrogens with two attached hydrogens (primary N) is 1. The molecule has 4 rings (SSSR count). The predicted octanol–water partition coefficient (Wildman–Crippen LogP) is 2.99. The topological polar surface area (TPSA) is 97.7 Å². The lowest BCUT2D eigenvalue weighted by Crippen LogP contribution is -2.40. The number of nitrogens with one attached hydrogen (secondary N) is 1. The number of likely N-dealkylation sites (tertiary alicyclic amines) is 1. The largest absolute Gasteiger partial charge is 0.497 e. The van der Waals surface area contributed by atoms with E-state index >= 15 is 0 Å². The van der Waals surface area contributed by atoms with Crippen molar-refractivity contribution in [1.29, 1.82) is 0 Å². The molecule has 0 aliphatic carbocycles. The first-order valence-corrected chi connectivity index (χ1v) is 10.5. The molecule has 162 valence electrons. The minimum Gasteiger partial charge on any atom is -0.497 e. The van der Waals surface area contributed by atoms with Crippen LogP contribution in [0.15, 0.2) is 48.7 Å². The number of carbonyl (C=O) groups is 2. The Labute approximate surface area is 181 Å². The van der Waals surface area contributed by atoms with Crippen LogP contribution in [0.4, 0.5) is 0 Å². The maximum absolute atomic E-state index is 12.6. The van der Waals surface area contributed by atoms with Gasteiger partial charge in [-0.2, -0.15) is 0 Å². The molecule has 2 aromatic carbocycles. The van der Waals surface area contributed by atoms with Crippen molar-refractivity contribution >= 4 is 22.7 Å². The fourth-order valence-electron chi connectivity index (χ4n) is 4.17. The van der Waals surface area contributed by atoms with E-state index in [1.807, 2.05) is 17.0 Å². The highest BCUT2D eigenvalue weighted by Gasteiger charge is 2.25. The van der Waals surface area contributed by atoms with Crippen LogP contribution >= 0.6 is 0 Å². The Hall–Kier alpha value is -3.48. The summed E-state index contributed by atoms with van der Waals surface area (Å²) >= 11 is 0. The Morgan fingerprint density at radius 3 is 2.48 bits per heavy atom.